The second kappa shape index (κ2) is 20.1. The second-order valence-electron chi connectivity index (χ2n) is 10.1. The van der Waals surface area contributed by atoms with E-state index in [0.717, 1.165) is 24.1 Å². The van der Waals surface area contributed by atoms with Crippen molar-refractivity contribution < 1.29 is 9.28 Å². The Morgan fingerprint density at radius 3 is 1.82 bits per heavy atom. The van der Waals surface area contributed by atoms with Crippen molar-refractivity contribution in [1.82, 2.24) is 10.6 Å². The molecule has 2 N–H and O–H groups in total. The molecule has 0 aromatic heterocycles. The van der Waals surface area contributed by atoms with Crippen LogP contribution in [0.5, 0.6) is 0 Å². The minimum Gasteiger partial charge on any atom is -0.351 e. The van der Waals surface area contributed by atoms with Crippen molar-refractivity contribution in [1.29, 1.82) is 0 Å². The third-order valence-electron chi connectivity index (χ3n) is 7.41. The first-order valence-electron chi connectivity index (χ1n) is 14.3. The number of hydrogen-bond donors (Lipinski definition) is 2. The zero-order valence-electron chi connectivity index (χ0n) is 22.2. The van der Waals surface area contributed by atoms with E-state index in [2.05, 4.69) is 36.5 Å². The van der Waals surface area contributed by atoms with Crippen molar-refractivity contribution in [3.8, 4) is 0 Å². The molecule has 2 unspecified atom stereocenters. The summed E-state index contributed by atoms with van der Waals surface area (Å²) >= 11 is 0. The fourth-order valence-electron chi connectivity index (χ4n) is 5.15. The number of carbonyl (C=O) groups is 1. The maximum Gasteiger partial charge on any atom is 0.217 e. The number of nitrogens with zero attached hydrogens (tertiary/aromatic N) is 1. The summed E-state index contributed by atoms with van der Waals surface area (Å²) in [6.07, 6.45) is 31.8. The SMILES string of the molecule is C=CCCCCCCCCCCCCCCCCCCC1NC=C[N+]1(CC)CCNC(C)=O. The van der Waals surface area contributed by atoms with Gasteiger partial charge in [0.05, 0.1) is 19.3 Å². The highest BCUT2D eigenvalue weighted by molar-refractivity contribution is 5.72. The molecule has 33 heavy (non-hydrogen) atoms. The van der Waals surface area contributed by atoms with Gasteiger partial charge in [-0.1, -0.05) is 96.0 Å². The highest BCUT2D eigenvalue weighted by Gasteiger charge is 2.36. The lowest BCUT2D eigenvalue weighted by atomic mass is 10.0. The summed E-state index contributed by atoms with van der Waals surface area (Å²) in [7, 11) is 0. The fourth-order valence-corrected chi connectivity index (χ4v) is 5.15. The molecule has 1 heterocycles. The fraction of sp³-hybridized carbons (Fsp3) is 0.828. The molecular formula is C29H56N3O+. The maximum absolute atomic E-state index is 11.2. The predicted molar refractivity (Wildman–Crippen MR) is 144 cm³/mol. The van der Waals surface area contributed by atoms with Crippen molar-refractivity contribution in [3.63, 3.8) is 0 Å². The van der Waals surface area contributed by atoms with E-state index in [1.807, 2.05) is 6.08 Å². The molecule has 1 amide bonds. The van der Waals surface area contributed by atoms with Crippen LogP contribution in [-0.4, -0.2) is 36.2 Å². The number of hydrogen-bond acceptors (Lipinski definition) is 2. The average molecular weight is 463 g/mol. The molecule has 0 fully saturated rings. The third kappa shape index (κ3) is 14.6. The van der Waals surface area contributed by atoms with Crippen LogP contribution < -0.4 is 10.6 Å². The van der Waals surface area contributed by atoms with Crippen LogP contribution in [0.25, 0.3) is 0 Å². The van der Waals surface area contributed by atoms with Gasteiger partial charge < -0.3 is 10.6 Å². The first-order chi connectivity index (χ1) is 16.1. The lowest BCUT2D eigenvalue weighted by molar-refractivity contribution is -0.898. The molecule has 2 atom stereocenters. The Morgan fingerprint density at radius 2 is 1.36 bits per heavy atom. The van der Waals surface area contributed by atoms with E-state index in [0.29, 0.717) is 6.17 Å². The van der Waals surface area contributed by atoms with E-state index in [1.165, 1.54) is 116 Å². The quantitative estimate of drug-likeness (QED) is 0.0934. The summed E-state index contributed by atoms with van der Waals surface area (Å²) in [4.78, 5) is 11.2. The first kappa shape index (κ1) is 29.7. The molecule has 0 aromatic rings. The molecule has 0 saturated heterocycles. The van der Waals surface area contributed by atoms with Gasteiger partial charge >= 0.3 is 0 Å². The van der Waals surface area contributed by atoms with E-state index < -0.39 is 0 Å². The monoisotopic (exact) mass is 462 g/mol. The van der Waals surface area contributed by atoms with Gasteiger partial charge in [0.2, 0.25) is 5.91 Å². The largest absolute Gasteiger partial charge is 0.351 e. The van der Waals surface area contributed by atoms with Gasteiger partial charge in [0.15, 0.2) is 6.17 Å². The molecule has 0 aromatic carbocycles. The number of likely N-dealkylation sites (N-methyl/N-ethyl adjacent to an activating group) is 1. The second-order valence-corrected chi connectivity index (χ2v) is 10.1. The van der Waals surface area contributed by atoms with Crippen molar-refractivity contribution in [2.45, 2.75) is 136 Å². The van der Waals surface area contributed by atoms with Crippen LogP contribution >= 0.6 is 0 Å². The van der Waals surface area contributed by atoms with Gasteiger partial charge in [-0.25, -0.2) is 0 Å². The standard InChI is InChI=1S/C29H55N3O/c1-4-6-7-8-9-10-11-12-13-14-15-16-17-18-19-20-21-22-23-29-31-25-27-32(29,5-2)26-24-30-28(3)33/h4,25,27,29,31H,1,5-24,26H2,2-3H3/p+1. The zero-order valence-corrected chi connectivity index (χ0v) is 22.2. The molecule has 0 saturated carbocycles. The highest BCUT2D eigenvalue weighted by Crippen LogP contribution is 2.23. The Hall–Kier alpha value is -1.29. The number of rotatable bonds is 23. The van der Waals surface area contributed by atoms with E-state index in [9.17, 15) is 4.79 Å². The summed E-state index contributed by atoms with van der Waals surface area (Å²) in [6.45, 7) is 10.4. The van der Waals surface area contributed by atoms with Crippen LogP contribution in [0.2, 0.25) is 0 Å². The molecule has 4 heteroatoms. The van der Waals surface area contributed by atoms with E-state index in [-0.39, 0.29) is 5.91 Å². The van der Waals surface area contributed by atoms with Crippen molar-refractivity contribution in [2.24, 2.45) is 0 Å². The van der Waals surface area contributed by atoms with E-state index >= 15 is 0 Å². The van der Waals surface area contributed by atoms with Gasteiger partial charge in [-0.2, -0.15) is 0 Å². The number of carbonyl (C=O) groups excluding carboxylic acids is 1. The number of quaternary nitrogens is 1. The molecule has 4 nitrogen and oxygen atoms in total. The lowest BCUT2D eigenvalue weighted by Crippen LogP contribution is -2.55. The topological polar surface area (TPSA) is 41.1 Å². The summed E-state index contributed by atoms with van der Waals surface area (Å²) in [5.41, 5.74) is 0. The first-order valence-corrected chi connectivity index (χ1v) is 14.3. The third-order valence-corrected chi connectivity index (χ3v) is 7.41. The van der Waals surface area contributed by atoms with Gasteiger partial charge in [0.25, 0.3) is 0 Å². The summed E-state index contributed by atoms with van der Waals surface area (Å²) in [5, 5.41) is 6.53. The Bertz CT molecular complexity index is 519. The molecule has 0 spiro atoms. The predicted octanol–water partition coefficient (Wildman–Crippen LogP) is 7.57. The van der Waals surface area contributed by atoms with Gasteiger partial charge in [0, 0.05) is 13.3 Å². The zero-order chi connectivity index (χ0) is 24.0. The lowest BCUT2D eigenvalue weighted by Gasteiger charge is -2.37. The summed E-state index contributed by atoms with van der Waals surface area (Å²) < 4.78 is 0.954. The molecule has 1 rings (SSSR count). The smallest absolute Gasteiger partial charge is 0.217 e. The molecular weight excluding hydrogens is 406 g/mol. The van der Waals surface area contributed by atoms with Crippen molar-refractivity contribution >= 4 is 5.91 Å². The Kier molecular flexibility index (Phi) is 18.1. The van der Waals surface area contributed by atoms with Crippen LogP contribution in [0, 0.1) is 0 Å². The Balaban J connectivity index is 1.90. The van der Waals surface area contributed by atoms with Gasteiger partial charge in [0.1, 0.15) is 12.7 Å². The molecule has 1 aliphatic rings. The summed E-state index contributed by atoms with van der Waals surface area (Å²) in [5.74, 6) is 0.0676. The Morgan fingerprint density at radius 1 is 0.879 bits per heavy atom. The van der Waals surface area contributed by atoms with Crippen LogP contribution in [0.3, 0.4) is 0 Å². The number of unbranched alkanes of at least 4 members (excludes halogenated alkanes) is 16. The number of nitrogens with one attached hydrogen (secondary N) is 2. The average Bonchev–Trinajstić information content (AvgIpc) is 3.21. The number of allylic oxidation sites excluding steroid dienone is 1. The van der Waals surface area contributed by atoms with Crippen molar-refractivity contribution in [2.75, 3.05) is 19.6 Å². The van der Waals surface area contributed by atoms with Crippen LogP contribution in [0.1, 0.15) is 129 Å². The minimum atomic E-state index is 0.0676. The normalized spacial score (nSPS) is 19.5. The summed E-state index contributed by atoms with van der Waals surface area (Å²) in [6, 6.07) is 0. The van der Waals surface area contributed by atoms with Crippen molar-refractivity contribution in [3.05, 3.63) is 25.1 Å². The molecule has 0 radical (unpaired) electrons. The molecule has 192 valence electrons. The van der Waals surface area contributed by atoms with Gasteiger partial charge in [-0.3, -0.25) is 9.28 Å². The van der Waals surface area contributed by atoms with Crippen LogP contribution in [-0.2, 0) is 4.79 Å². The highest BCUT2D eigenvalue weighted by atomic mass is 16.1. The molecule has 0 aliphatic carbocycles. The van der Waals surface area contributed by atoms with E-state index in [1.54, 1.807) is 6.92 Å². The minimum absolute atomic E-state index is 0.0676. The number of amides is 1. The van der Waals surface area contributed by atoms with Crippen LogP contribution in [0.4, 0.5) is 0 Å². The Labute approximate surface area is 206 Å². The van der Waals surface area contributed by atoms with E-state index in [4.69, 9.17) is 0 Å². The van der Waals surface area contributed by atoms with Crippen LogP contribution in [0.15, 0.2) is 25.1 Å². The maximum atomic E-state index is 11.2. The van der Waals surface area contributed by atoms with Gasteiger partial charge in [-0.15, -0.1) is 6.58 Å². The molecule has 1 aliphatic heterocycles. The van der Waals surface area contributed by atoms with Gasteiger partial charge in [-0.05, 0) is 26.2 Å². The molecule has 0 bridgehead atoms.